The first-order valence-electron chi connectivity index (χ1n) is 9.06. The highest BCUT2D eigenvalue weighted by Crippen LogP contribution is 2.25. The molecule has 1 aliphatic heterocycles. The van der Waals surface area contributed by atoms with E-state index in [1.807, 2.05) is 29.2 Å². The maximum Gasteiger partial charge on any atom is 0.272 e. The lowest BCUT2D eigenvalue weighted by Gasteiger charge is -2.36. The van der Waals surface area contributed by atoms with Crippen molar-refractivity contribution in [3.05, 3.63) is 59.0 Å². The minimum Gasteiger partial charge on any atom is -0.356 e. The number of halogens is 1. The van der Waals surface area contributed by atoms with Gasteiger partial charge in [0.1, 0.15) is 11.4 Å². The molecule has 1 saturated heterocycles. The third-order valence-corrected chi connectivity index (χ3v) is 5.40. The Balaban J connectivity index is 1.38. The van der Waals surface area contributed by atoms with Gasteiger partial charge in [0.15, 0.2) is 5.58 Å². The summed E-state index contributed by atoms with van der Waals surface area (Å²) in [4.78, 5) is 20.9. The summed E-state index contributed by atoms with van der Waals surface area (Å²) in [7, 11) is 2.09. The van der Waals surface area contributed by atoms with Crippen molar-refractivity contribution in [2.75, 3.05) is 20.1 Å². The number of aromatic nitrogens is 2. The molecule has 0 saturated carbocycles. The van der Waals surface area contributed by atoms with Crippen molar-refractivity contribution >= 4 is 28.5 Å². The van der Waals surface area contributed by atoms with E-state index in [2.05, 4.69) is 22.1 Å². The highest BCUT2D eigenvalue weighted by molar-refractivity contribution is 6.31. The fraction of sp³-hybridized carbons (Fsp3) is 0.350. The number of likely N-dealkylation sites (tertiary alicyclic amines) is 1. The Morgan fingerprint density at radius 3 is 2.85 bits per heavy atom. The summed E-state index contributed by atoms with van der Waals surface area (Å²) in [5.41, 5.74) is 2.15. The van der Waals surface area contributed by atoms with Crippen molar-refractivity contribution in [3.8, 4) is 0 Å². The van der Waals surface area contributed by atoms with E-state index < -0.39 is 0 Å². The molecule has 1 aliphatic rings. The summed E-state index contributed by atoms with van der Waals surface area (Å²) in [5, 5.41) is 5.84. The van der Waals surface area contributed by atoms with Crippen LogP contribution in [0.1, 0.15) is 29.0 Å². The maximum absolute atomic E-state index is 12.5. The Morgan fingerprint density at radius 2 is 2.11 bits per heavy atom. The van der Waals surface area contributed by atoms with Crippen LogP contribution in [-0.2, 0) is 6.54 Å². The number of piperidine rings is 1. The van der Waals surface area contributed by atoms with E-state index >= 15 is 0 Å². The number of carbonyl (C=O) groups is 1. The molecule has 4 rings (SSSR count). The second-order valence-corrected chi connectivity index (χ2v) is 7.36. The topological polar surface area (TPSA) is 62.5 Å². The molecule has 0 aliphatic carbocycles. The number of carbonyl (C=O) groups excluding carboxylic acids is 1. The fourth-order valence-corrected chi connectivity index (χ4v) is 3.77. The lowest BCUT2D eigenvalue weighted by atomic mass is 10.0. The van der Waals surface area contributed by atoms with Gasteiger partial charge in [0.05, 0.1) is 0 Å². The third-order valence-electron chi connectivity index (χ3n) is 5.16. The van der Waals surface area contributed by atoms with E-state index in [-0.39, 0.29) is 5.91 Å². The van der Waals surface area contributed by atoms with Gasteiger partial charge in [-0.25, -0.2) is 0 Å². The molecular formula is C20H21ClN4O2. The average Bonchev–Trinajstić information content (AvgIpc) is 3.10. The lowest BCUT2D eigenvalue weighted by Crippen LogP contribution is -2.45. The van der Waals surface area contributed by atoms with Gasteiger partial charge in [0.25, 0.3) is 5.91 Å². The van der Waals surface area contributed by atoms with Crippen LogP contribution in [0.2, 0.25) is 5.02 Å². The van der Waals surface area contributed by atoms with Crippen LogP contribution in [0.25, 0.3) is 11.0 Å². The summed E-state index contributed by atoms with van der Waals surface area (Å²) < 4.78 is 5.39. The van der Waals surface area contributed by atoms with Crippen molar-refractivity contribution in [1.82, 2.24) is 19.9 Å². The maximum atomic E-state index is 12.5. The first-order chi connectivity index (χ1) is 13.1. The van der Waals surface area contributed by atoms with Crippen molar-refractivity contribution in [3.63, 3.8) is 0 Å². The molecule has 6 nitrogen and oxygen atoms in total. The van der Waals surface area contributed by atoms with Crippen LogP contribution < -0.4 is 0 Å². The molecule has 140 valence electrons. The molecule has 0 unspecified atom stereocenters. The van der Waals surface area contributed by atoms with E-state index in [4.69, 9.17) is 16.1 Å². The normalized spacial score (nSPS) is 15.6. The molecular weight excluding hydrogens is 364 g/mol. The number of hydrogen-bond donors (Lipinski definition) is 0. The van der Waals surface area contributed by atoms with Gasteiger partial charge in [-0.1, -0.05) is 22.8 Å². The Hall–Kier alpha value is -2.44. The standard InChI is InChI=1S/C20H21ClN4O2/c1-24(13-18-16-12-14(21)5-6-19(16)27-23-18)15-7-10-25(11-8-15)20(26)17-4-2-3-9-22-17/h2-6,9,12,15H,7-8,10-11,13H2,1H3. The first kappa shape index (κ1) is 17.9. The summed E-state index contributed by atoms with van der Waals surface area (Å²) in [6, 6.07) is 11.4. The van der Waals surface area contributed by atoms with Crippen LogP contribution in [-0.4, -0.2) is 52.0 Å². The van der Waals surface area contributed by atoms with Crippen LogP contribution in [0.3, 0.4) is 0 Å². The molecule has 27 heavy (non-hydrogen) atoms. The van der Waals surface area contributed by atoms with Crippen LogP contribution in [0.5, 0.6) is 0 Å². The highest BCUT2D eigenvalue weighted by atomic mass is 35.5. The number of fused-ring (bicyclic) bond motifs is 1. The van der Waals surface area contributed by atoms with Crippen molar-refractivity contribution < 1.29 is 9.32 Å². The number of hydrogen-bond acceptors (Lipinski definition) is 5. The Morgan fingerprint density at radius 1 is 1.30 bits per heavy atom. The number of benzene rings is 1. The molecule has 3 heterocycles. The fourth-order valence-electron chi connectivity index (χ4n) is 3.60. The molecule has 1 aromatic carbocycles. The van der Waals surface area contributed by atoms with Crippen molar-refractivity contribution in [2.45, 2.75) is 25.4 Å². The number of nitrogens with zero attached hydrogens (tertiary/aromatic N) is 4. The van der Waals surface area contributed by atoms with E-state index in [1.54, 1.807) is 18.3 Å². The smallest absolute Gasteiger partial charge is 0.272 e. The first-order valence-corrected chi connectivity index (χ1v) is 9.44. The summed E-state index contributed by atoms with van der Waals surface area (Å²) in [6.45, 7) is 2.15. The Labute approximate surface area is 162 Å². The lowest BCUT2D eigenvalue weighted by molar-refractivity contribution is 0.0632. The third kappa shape index (κ3) is 3.82. The van der Waals surface area contributed by atoms with Gasteiger partial charge >= 0.3 is 0 Å². The van der Waals surface area contributed by atoms with E-state index in [9.17, 15) is 4.79 Å². The number of rotatable bonds is 4. The van der Waals surface area contributed by atoms with Gasteiger partial charge in [-0.05, 0) is 50.2 Å². The second-order valence-electron chi connectivity index (χ2n) is 6.92. The second kappa shape index (κ2) is 7.66. The van der Waals surface area contributed by atoms with E-state index in [1.165, 1.54) is 0 Å². The molecule has 1 amide bonds. The monoisotopic (exact) mass is 384 g/mol. The Kier molecular flexibility index (Phi) is 5.09. The minimum atomic E-state index is 0.00819. The molecule has 2 aromatic heterocycles. The van der Waals surface area contributed by atoms with Crippen LogP contribution in [0.4, 0.5) is 0 Å². The van der Waals surface area contributed by atoms with Gasteiger partial charge in [0, 0.05) is 42.3 Å². The summed E-state index contributed by atoms with van der Waals surface area (Å²) >= 11 is 6.10. The molecule has 0 N–H and O–H groups in total. The predicted octanol–water partition coefficient (Wildman–Crippen LogP) is 3.61. The highest BCUT2D eigenvalue weighted by Gasteiger charge is 2.27. The molecule has 0 radical (unpaired) electrons. The SMILES string of the molecule is CN(Cc1noc2ccc(Cl)cc12)C1CCN(C(=O)c2ccccn2)CC1. The summed E-state index contributed by atoms with van der Waals surface area (Å²) in [5.74, 6) is 0.00819. The van der Waals surface area contributed by atoms with E-state index in [0.29, 0.717) is 23.3 Å². The molecule has 7 heteroatoms. The largest absolute Gasteiger partial charge is 0.356 e. The molecule has 1 fully saturated rings. The van der Waals surface area contributed by atoms with Gasteiger partial charge in [-0.2, -0.15) is 0 Å². The molecule has 0 bridgehead atoms. The van der Waals surface area contributed by atoms with Gasteiger partial charge in [0.2, 0.25) is 0 Å². The molecule has 0 spiro atoms. The molecule has 0 atom stereocenters. The van der Waals surface area contributed by atoms with Gasteiger partial charge < -0.3 is 9.42 Å². The zero-order valence-electron chi connectivity index (χ0n) is 15.1. The predicted molar refractivity (Wildman–Crippen MR) is 104 cm³/mol. The van der Waals surface area contributed by atoms with Crippen molar-refractivity contribution in [1.29, 1.82) is 0 Å². The zero-order valence-corrected chi connectivity index (χ0v) is 15.9. The molecule has 3 aromatic rings. The van der Waals surface area contributed by atoms with Crippen LogP contribution in [0.15, 0.2) is 47.1 Å². The quantitative estimate of drug-likeness (QED) is 0.687. The van der Waals surface area contributed by atoms with E-state index in [0.717, 1.165) is 42.6 Å². The summed E-state index contributed by atoms with van der Waals surface area (Å²) in [6.07, 6.45) is 3.50. The minimum absolute atomic E-state index is 0.00819. The van der Waals surface area contributed by atoms with Crippen LogP contribution in [0, 0.1) is 0 Å². The number of amides is 1. The average molecular weight is 385 g/mol. The zero-order chi connectivity index (χ0) is 18.8. The number of pyridine rings is 1. The Bertz CT molecular complexity index is 936. The van der Waals surface area contributed by atoms with Gasteiger partial charge in [-0.3, -0.25) is 14.7 Å². The van der Waals surface area contributed by atoms with Gasteiger partial charge in [-0.15, -0.1) is 0 Å². The van der Waals surface area contributed by atoms with Crippen molar-refractivity contribution in [2.24, 2.45) is 0 Å². The van der Waals surface area contributed by atoms with Crippen LogP contribution >= 0.6 is 11.6 Å².